The van der Waals surface area contributed by atoms with E-state index in [1.807, 2.05) is 6.92 Å². The Morgan fingerprint density at radius 1 is 1.11 bits per heavy atom. The van der Waals surface area contributed by atoms with Crippen molar-refractivity contribution in [2.75, 3.05) is 50.8 Å². The quantitative estimate of drug-likeness (QED) is 0.681. The Bertz CT molecular complexity index is 1140. The monoisotopic (exact) mass is 507 g/mol. The van der Waals surface area contributed by atoms with Crippen LogP contribution in [0.25, 0.3) is 0 Å². The topological polar surface area (TPSA) is 91.1 Å². The molecule has 4 heterocycles. The minimum atomic E-state index is -4.42. The fourth-order valence-electron chi connectivity index (χ4n) is 5.43. The number of anilines is 1. The van der Waals surface area contributed by atoms with Crippen LogP contribution in [-0.2, 0) is 17.5 Å². The van der Waals surface area contributed by atoms with E-state index >= 15 is 0 Å². The number of carbonyl (C=O) groups excluding carboxylic acids is 1. The number of rotatable bonds is 4. The van der Waals surface area contributed by atoms with Crippen LogP contribution < -0.4 is 4.90 Å². The number of hydrogen-bond donors (Lipinski definition) is 1. The van der Waals surface area contributed by atoms with Crippen molar-refractivity contribution in [3.63, 3.8) is 0 Å². The number of carboxylic acids is 1. The molecular weight excluding hydrogens is 479 g/mol. The average molecular weight is 508 g/mol. The molecule has 0 aliphatic carbocycles. The second kappa shape index (κ2) is 9.40. The molecular formula is C24H28F3N5O4. The molecule has 0 radical (unpaired) electrons. The van der Waals surface area contributed by atoms with Crippen molar-refractivity contribution in [2.45, 2.75) is 25.7 Å². The Kier molecular flexibility index (Phi) is 6.41. The SMILES string of the molecule is C[C@@H]1CN(Cc2ccc(C(F)(F)F)cc2N2CC3COCC3C2)CCN1C(=O)n1ccc(C(=O)O)n1. The molecule has 12 heteroatoms. The third-order valence-electron chi connectivity index (χ3n) is 7.35. The number of aromatic carboxylic acids is 1. The molecule has 3 atom stereocenters. The van der Waals surface area contributed by atoms with E-state index in [4.69, 9.17) is 9.84 Å². The third kappa shape index (κ3) is 4.79. The Labute approximate surface area is 206 Å². The van der Waals surface area contributed by atoms with Crippen LogP contribution in [0.1, 0.15) is 28.5 Å². The fraction of sp³-hybridized carbons (Fsp3) is 0.542. The standard InChI is InChI=1S/C24H28F3N5O4/c1-15-9-29(6-7-31(15)23(35)32-5-4-20(28-32)22(33)34)10-16-2-3-19(24(25,26)27)8-21(16)30-11-17-13-36-14-18(17)12-30/h2-5,8,15,17-18H,6-7,9-14H2,1H3,(H,33,34)/t15-,17?,18?/m1/s1. The van der Waals surface area contributed by atoms with Gasteiger partial charge in [-0.25, -0.2) is 9.59 Å². The van der Waals surface area contributed by atoms with Gasteiger partial charge in [0.2, 0.25) is 0 Å². The van der Waals surface area contributed by atoms with Crippen LogP contribution in [0.4, 0.5) is 23.7 Å². The zero-order valence-electron chi connectivity index (χ0n) is 19.8. The maximum atomic E-state index is 13.5. The van der Waals surface area contributed by atoms with Gasteiger partial charge in [-0.1, -0.05) is 6.07 Å². The molecule has 1 N–H and O–H groups in total. The van der Waals surface area contributed by atoms with E-state index in [0.29, 0.717) is 70.0 Å². The first-order chi connectivity index (χ1) is 17.1. The van der Waals surface area contributed by atoms with Crippen molar-refractivity contribution in [1.29, 1.82) is 0 Å². The van der Waals surface area contributed by atoms with Crippen LogP contribution in [0.2, 0.25) is 0 Å². The van der Waals surface area contributed by atoms with Crippen molar-refractivity contribution < 1.29 is 32.6 Å². The molecule has 0 saturated carbocycles. The van der Waals surface area contributed by atoms with Crippen LogP contribution >= 0.6 is 0 Å². The first kappa shape index (κ1) is 24.6. The predicted octanol–water partition coefficient (Wildman–Crippen LogP) is 2.86. The molecule has 1 aromatic carbocycles. The van der Waals surface area contributed by atoms with Gasteiger partial charge < -0.3 is 19.6 Å². The van der Waals surface area contributed by atoms with Crippen molar-refractivity contribution in [1.82, 2.24) is 19.6 Å². The number of halogens is 3. The number of carboxylic acid groups (broad SMARTS) is 1. The Hall–Kier alpha value is -3.12. The highest BCUT2D eigenvalue weighted by Gasteiger charge is 2.39. The van der Waals surface area contributed by atoms with Gasteiger partial charge in [-0.15, -0.1) is 0 Å². The summed E-state index contributed by atoms with van der Waals surface area (Å²) in [5, 5.41) is 12.9. The first-order valence-electron chi connectivity index (χ1n) is 11.9. The van der Waals surface area contributed by atoms with Gasteiger partial charge in [-0.3, -0.25) is 4.90 Å². The predicted molar refractivity (Wildman–Crippen MR) is 123 cm³/mol. The van der Waals surface area contributed by atoms with E-state index in [1.165, 1.54) is 18.3 Å². The molecule has 3 aliphatic heterocycles. The Morgan fingerprint density at radius 2 is 1.83 bits per heavy atom. The van der Waals surface area contributed by atoms with Gasteiger partial charge in [0.1, 0.15) is 0 Å². The second-order valence-electron chi connectivity index (χ2n) is 9.81. The molecule has 194 valence electrons. The van der Waals surface area contributed by atoms with Gasteiger partial charge in [-0.2, -0.15) is 23.0 Å². The summed E-state index contributed by atoms with van der Waals surface area (Å²) in [5.41, 5.74) is 0.581. The fourth-order valence-corrected chi connectivity index (χ4v) is 5.43. The molecule has 3 fully saturated rings. The molecule has 2 aromatic rings. The molecule has 1 aromatic heterocycles. The minimum Gasteiger partial charge on any atom is -0.476 e. The number of carbonyl (C=O) groups is 2. The van der Waals surface area contributed by atoms with Crippen molar-refractivity contribution in [3.05, 3.63) is 47.3 Å². The van der Waals surface area contributed by atoms with E-state index in [-0.39, 0.29) is 11.7 Å². The molecule has 0 spiro atoms. The summed E-state index contributed by atoms with van der Waals surface area (Å²) in [6.07, 6.45) is -3.09. The number of alkyl halides is 3. The number of fused-ring (bicyclic) bond motifs is 1. The third-order valence-corrected chi connectivity index (χ3v) is 7.35. The van der Waals surface area contributed by atoms with Gasteiger partial charge in [0, 0.05) is 69.0 Å². The normalized spacial score (nSPS) is 24.8. The molecule has 9 nitrogen and oxygen atoms in total. The van der Waals surface area contributed by atoms with Gasteiger partial charge in [0.05, 0.1) is 18.8 Å². The zero-order chi connectivity index (χ0) is 25.6. The van der Waals surface area contributed by atoms with Crippen LogP contribution in [0, 0.1) is 11.8 Å². The molecule has 2 unspecified atom stereocenters. The average Bonchev–Trinajstić information content (AvgIpc) is 3.55. The maximum absolute atomic E-state index is 13.5. The van der Waals surface area contributed by atoms with Crippen LogP contribution in [0.15, 0.2) is 30.5 Å². The highest BCUT2D eigenvalue weighted by molar-refractivity contribution is 5.86. The summed E-state index contributed by atoms with van der Waals surface area (Å²) in [4.78, 5) is 29.7. The largest absolute Gasteiger partial charge is 0.476 e. The smallest absolute Gasteiger partial charge is 0.416 e. The molecule has 0 bridgehead atoms. The molecule has 5 rings (SSSR count). The van der Waals surface area contributed by atoms with E-state index in [1.54, 1.807) is 11.0 Å². The molecule has 1 amide bonds. The lowest BCUT2D eigenvalue weighted by Crippen LogP contribution is -2.54. The van der Waals surface area contributed by atoms with E-state index in [0.717, 1.165) is 16.3 Å². The zero-order valence-corrected chi connectivity index (χ0v) is 19.8. The lowest BCUT2D eigenvalue weighted by molar-refractivity contribution is -0.137. The van der Waals surface area contributed by atoms with Crippen molar-refractivity contribution in [3.8, 4) is 0 Å². The summed E-state index contributed by atoms with van der Waals surface area (Å²) in [7, 11) is 0. The van der Waals surface area contributed by atoms with Gasteiger partial charge in [-0.05, 0) is 30.7 Å². The minimum absolute atomic E-state index is 0.190. The number of aromatic nitrogens is 2. The van der Waals surface area contributed by atoms with Gasteiger partial charge in [0.25, 0.3) is 0 Å². The second-order valence-corrected chi connectivity index (χ2v) is 9.81. The highest BCUT2D eigenvalue weighted by atomic mass is 19.4. The Morgan fingerprint density at radius 3 is 2.44 bits per heavy atom. The number of piperazine rings is 1. The van der Waals surface area contributed by atoms with Crippen molar-refractivity contribution >= 4 is 17.7 Å². The summed E-state index contributed by atoms with van der Waals surface area (Å²) < 4.78 is 47.1. The molecule has 3 saturated heterocycles. The lowest BCUT2D eigenvalue weighted by Gasteiger charge is -2.40. The van der Waals surface area contributed by atoms with E-state index < -0.39 is 23.7 Å². The van der Waals surface area contributed by atoms with E-state index in [9.17, 15) is 22.8 Å². The van der Waals surface area contributed by atoms with Gasteiger partial charge >= 0.3 is 18.2 Å². The van der Waals surface area contributed by atoms with Crippen LogP contribution in [0.3, 0.4) is 0 Å². The molecule has 36 heavy (non-hydrogen) atoms. The number of amides is 1. The first-order valence-corrected chi connectivity index (χ1v) is 11.9. The number of nitrogens with zero attached hydrogens (tertiary/aromatic N) is 5. The lowest BCUT2D eigenvalue weighted by atomic mass is 10.0. The summed E-state index contributed by atoms with van der Waals surface area (Å²) >= 11 is 0. The summed E-state index contributed by atoms with van der Waals surface area (Å²) in [6.45, 7) is 6.46. The van der Waals surface area contributed by atoms with Crippen LogP contribution in [0.5, 0.6) is 0 Å². The molecule has 3 aliphatic rings. The summed E-state index contributed by atoms with van der Waals surface area (Å²) in [5.74, 6) is -0.530. The van der Waals surface area contributed by atoms with Crippen molar-refractivity contribution in [2.24, 2.45) is 11.8 Å². The highest BCUT2D eigenvalue weighted by Crippen LogP contribution is 2.38. The Balaban J connectivity index is 1.30. The van der Waals surface area contributed by atoms with E-state index in [2.05, 4.69) is 14.9 Å². The number of benzene rings is 1. The maximum Gasteiger partial charge on any atom is 0.416 e. The summed E-state index contributed by atoms with van der Waals surface area (Å²) in [6, 6.07) is 4.65. The van der Waals surface area contributed by atoms with Gasteiger partial charge in [0.15, 0.2) is 5.69 Å². The number of hydrogen-bond acceptors (Lipinski definition) is 6. The van der Waals surface area contributed by atoms with Crippen LogP contribution in [-0.4, -0.2) is 88.7 Å². The number of ether oxygens (including phenoxy) is 1.